The van der Waals surface area contributed by atoms with Gasteiger partial charge in [0.25, 0.3) is 0 Å². The topological polar surface area (TPSA) is 26.3 Å². The summed E-state index contributed by atoms with van der Waals surface area (Å²) in [5, 5.41) is 0. The van der Waals surface area contributed by atoms with Crippen molar-refractivity contribution in [3.63, 3.8) is 0 Å². The molecule has 1 fully saturated rings. The summed E-state index contributed by atoms with van der Waals surface area (Å²) < 4.78 is 6.65. The summed E-state index contributed by atoms with van der Waals surface area (Å²) in [4.78, 5) is 12.1. The molecule has 1 aliphatic rings. The molecule has 0 saturated carbocycles. The molecule has 1 aromatic carbocycles. The molecule has 3 heteroatoms. The Hall–Kier alpha value is -0.830. The van der Waals surface area contributed by atoms with Crippen LogP contribution in [0.4, 0.5) is 0 Å². The Morgan fingerprint density at radius 2 is 1.90 bits per heavy atom. The maximum atomic E-state index is 12.1. The number of ether oxygens (including phenoxy) is 1. The summed E-state index contributed by atoms with van der Waals surface area (Å²) in [6.45, 7) is 2.21. The molecule has 20 heavy (non-hydrogen) atoms. The zero-order valence-electron chi connectivity index (χ0n) is 12.1. The van der Waals surface area contributed by atoms with Crippen LogP contribution in [-0.2, 0) is 9.53 Å². The van der Waals surface area contributed by atoms with Crippen molar-refractivity contribution in [1.82, 2.24) is 0 Å². The molecule has 2 nitrogen and oxygen atoms in total. The van der Waals surface area contributed by atoms with Gasteiger partial charge in [-0.2, -0.15) is 0 Å². The first-order valence-corrected chi connectivity index (χ1v) is 8.46. The molecule has 0 radical (unpaired) electrons. The van der Waals surface area contributed by atoms with Gasteiger partial charge in [-0.25, -0.2) is 0 Å². The lowest BCUT2D eigenvalue weighted by atomic mass is 9.89. The van der Waals surface area contributed by atoms with Gasteiger partial charge in [0.2, 0.25) is 0 Å². The zero-order chi connectivity index (χ0) is 14.4. The molecule has 1 heterocycles. The maximum Gasteiger partial charge on any atom is 0.313 e. The van der Waals surface area contributed by atoms with Crippen molar-refractivity contribution in [3.8, 4) is 0 Å². The highest BCUT2D eigenvalue weighted by molar-refractivity contribution is 9.10. The van der Waals surface area contributed by atoms with Crippen LogP contribution in [0.3, 0.4) is 0 Å². The molecule has 0 bridgehead atoms. The molecule has 1 saturated heterocycles. The molecule has 0 aliphatic carbocycles. The van der Waals surface area contributed by atoms with E-state index in [0.717, 1.165) is 29.3 Å². The summed E-state index contributed by atoms with van der Waals surface area (Å²) in [5.74, 6) is -0.117. The predicted octanol–water partition coefficient (Wildman–Crippen LogP) is 5.21. The van der Waals surface area contributed by atoms with Crippen LogP contribution in [0.25, 0.3) is 0 Å². The molecule has 2 rings (SSSR count). The minimum Gasteiger partial charge on any atom is -0.462 e. The quantitative estimate of drug-likeness (QED) is 0.525. The van der Waals surface area contributed by atoms with Crippen molar-refractivity contribution < 1.29 is 9.53 Å². The third-order valence-corrected chi connectivity index (χ3v) is 4.53. The Kier molecular flexibility index (Phi) is 6.08. The second-order valence-electron chi connectivity index (χ2n) is 5.59. The molecule has 0 amide bonds. The van der Waals surface area contributed by atoms with E-state index in [1.807, 2.05) is 24.3 Å². The molecule has 110 valence electrons. The van der Waals surface area contributed by atoms with Crippen LogP contribution in [0.15, 0.2) is 28.7 Å². The third-order valence-electron chi connectivity index (χ3n) is 4.00. The third kappa shape index (κ3) is 4.34. The minimum atomic E-state index is -0.0741. The lowest BCUT2D eigenvalue weighted by Crippen LogP contribution is -2.29. The van der Waals surface area contributed by atoms with Crippen LogP contribution in [0.5, 0.6) is 0 Å². The molecule has 0 aromatic heterocycles. The highest BCUT2D eigenvalue weighted by atomic mass is 79.9. The van der Waals surface area contributed by atoms with Gasteiger partial charge in [0.05, 0.1) is 5.92 Å². The van der Waals surface area contributed by atoms with Gasteiger partial charge in [-0.1, -0.05) is 54.2 Å². The maximum absolute atomic E-state index is 12.1. The Balaban J connectivity index is 1.83. The molecular formula is C17H23BrO2. The van der Waals surface area contributed by atoms with Gasteiger partial charge in [0.1, 0.15) is 6.10 Å². The standard InChI is InChI=1S/C17H23BrO2/c1-2-3-4-5-6-15-11-12-16(17(19)20-15)13-7-9-14(18)10-8-13/h7-10,15-16H,2-6,11-12H2,1H3. The Bertz CT molecular complexity index is 427. The number of rotatable bonds is 6. The molecule has 1 aromatic rings. The number of hydrogen-bond acceptors (Lipinski definition) is 2. The van der Waals surface area contributed by atoms with Gasteiger partial charge < -0.3 is 4.74 Å². The van der Waals surface area contributed by atoms with E-state index in [4.69, 9.17) is 4.74 Å². The molecule has 2 atom stereocenters. The molecule has 0 spiro atoms. The van der Waals surface area contributed by atoms with Crippen molar-refractivity contribution in [2.24, 2.45) is 0 Å². The van der Waals surface area contributed by atoms with E-state index in [2.05, 4.69) is 22.9 Å². The Morgan fingerprint density at radius 1 is 1.15 bits per heavy atom. The number of hydrogen-bond donors (Lipinski definition) is 0. The number of halogens is 1. The van der Waals surface area contributed by atoms with Gasteiger partial charge >= 0.3 is 5.97 Å². The first kappa shape index (κ1) is 15.6. The van der Waals surface area contributed by atoms with Gasteiger partial charge in [0, 0.05) is 4.47 Å². The zero-order valence-corrected chi connectivity index (χ0v) is 13.7. The van der Waals surface area contributed by atoms with Crippen LogP contribution in [0.1, 0.15) is 63.4 Å². The van der Waals surface area contributed by atoms with Crippen molar-refractivity contribution in [3.05, 3.63) is 34.3 Å². The monoisotopic (exact) mass is 338 g/mol. The molecule has 2 unspecified atom stereocenters. The normalized spacial score (nSPS) is 22.6. The Morgan fingerprint density at radius 3 is 2.55 bits per heavy atom. The van der Waals surface area contributed by atoms with Crippen molar-refractivity contribution in [2.45, 2.75) is 63.9 Å². The lowest BCUT2D eigenvalue weighted by Gasteiger charge is -2.28. The molecular weight excluding hydrogens is 316 g/mol. The van der Waals surface area contributed by atoms with Crippen molar-refractivity contribution >= 4 is 21.9 Å². The van der Waals surface area contributed by atoms with Gasteiger partial charge in [-0.15, -0.1) is 0 Å². The highest BCUT2D eigenvalue weighted by Crippen LogP contribution is 2.31. The smallest absolute Gasteiger partial charge is 0.313 e. The summed E-state index contributed by atoms with van der Waals surface area (Å²) in [7, 11) is 0. The van der Waals surface area contributed by atoms with E-state index in [0.29, 0.717) is 0 Å². The number of carbonyl (C=O) groups is 1. The largest absolute Gasteiger partial charge is 0.462 e. The number of esters is 1. The van der Waals surface area contributed by atoms with E-state index >= 15 is 0 Å². The van der Waals surface area contributed by atoms with E-state index < -0.39 is 0 Å². The van der Waals surface area contributed by atoms with Crippen LogP contribution >= 0.6 is 15.9 Å². The lowest BCUT2D eigenvalue weighted by molar-refractivity contribution is -0.156. The second-order valence-corrected chi connectivity index (χ2v) is 6.51. The van der Waals surface area contributed by atoms with Gasteiger partial charge in [0.15, 0.2) is 0 Å². The average Bonchev–Trinajstić information content (AvgIpc) is 2.45. The fourth-order valence-corrected chi connectivity index (χ4v) is 3.04. The number of benzene rings is 1. The second kappa shape index (κ2) is 7.82. The summed E-state index contributed by atoms with van der Waals surface area (Å²) in [5.41, 5.74) is 1.07. The summed E-state index contributed by atoms with van der Waals surface area (Å²) in [6.07, 6.45) is 8.04. The number of unbranched alkanes of at least 4 members (excludes halogenated alkanes) is 3. The van der Waals surface area contributed by atoms with Crippen LogP contribution in [0, 0.1) is 0 Å². The first-order chi connectivity index (χ1) is 9.70. The fraction of sp³-hybridized carbons (Fsp3) is 0.588. The SMILES string of the molecule is CCCCCCC1CCC(c2ccc(Br)cc2)C(=O)O1. The van der Waals surface area contributed by atoms with E-state index in [9.17, 15) is 4.79 Å². The van der Waals surface area contributed by atoms with E-state index in [1.54, 1.807) is 0 Å². The van der Waals surface area contributed by atoms with Crippen LogP contribution in [0.2, 0.25) is 0 Å². The van der Waals surface area contributed by atoms with Crippen LogP contribution < -0.4 is 0 Å². The first-order valence-electron chi connectivity index (χ1n) is 7.66. The van der Waals surface area contributed by atoms with Crippen LogP contribution in [-0.4, -0.2) is 12.1 Å². The Labute approximate surface area is 130 Å². The van der Waals surface area contributed by atoms with Crippen molar-refractivity contribution in [1.29, 1.82) is 0 Å². The van der Waals surface area contributed by atoms with E-state index in [1.165, 1.54) is 25.7 Å². The van der Waals surface area contributed by atoms with Gasteiger partial charge in [-0.05, 0) is 43.4 Å². The minimum absolute atomic E-state index is 0.0425. The van der Waals surface area contributed by atoms with Gasteiger partial charge in [-0.3, -0.25) is 4.79 Å². The summed E-state index contributed by atoms with van der Waals surface area (Å²) in [6, 6.07) is 7.99. The molecule has 1 aliphatic heterocycles. The average molecular weight is 339 g/mol. The molecule has 0 N–H and O–H groups in total. The fourth-order valence-electron chi connectivity index (χ4n) is 2.78. The number of cyclic esters (lactones) is 1. The summed E-state index contributed by atoms with van der Waals surface area (Å²) >= 11 is 3.42. The van der Waals surface area contributed by atoms with Crippen molar-refractivity contribution in [2.75, 3.05) is 0 Å². The highest BCUT2D eigenvalue weighted by Gasteiger charge is 2.30. The van der Waals surface area contributed by atoms with E-state index in [-0.39, 0.29) is 18.0 Å². The predicted molar refractivity (Wildman–Crippen MR) is 84.8 cm³/mol. The number of carbonyl (C=O) groups excluding carboxylic acids is 1.